The van der Waals surface area contributed by atoms with Gasteiger partial charge in [0.1, 0.15) is 6.61 Å². The Morgan fingerprint density at radius 2 is 1.96 bits per heavy atom. The molecule has 2 aromatic rings. The number of hydrogen-bond donors (Lipinski definition) is 0. The second-order valence-corrected chi connectivity index (χ2v) is 4.89. The van der Waals surface area contributed by atoms with E-state index in [0.29, 0.717) is 0 Å². The van der Waals surface area contributed by atoms with Crippen LogP contribution in [0.15, 0.2) is 41.3 Å². The Kier molecular flexibility index (Phi) is 5.31. The molecule has 0 radical (unpaired) electrons. The molecule has 0 fully saturated rings. The third-order valence-corrected chi connectivity index (χ3v) is 3.22. The number of aryl methyl sites for hydroxylation is 1. The molecule has 0 aliphatic heterocycles. The fourth-order valence-corrected chi connectivity index (χ4v) is 2.09. The van der Waals surface area contributed by atoms with Gasteiger partial charge in [-0.05, 0) is 12.5 Å². The molecule has 0 N–H and O–H groups in total. The Balaban J connectivity index is 2.52. The van der Waals surface area contributed by atoms with Gasteiger partial charge in [0.2, 0.25) is 5.75 Å². The minimum absolute atomic E-state index is 0.0103. The highest BCUT2D eigenvalue weighted by molar-refractivity contribution is 5.96. The predicted molar refractivity (Wildman–Crippen MR) is 85.1 cm³/mol. The van der Waals surface area contributed by atoms with Gasteiger partial charge in [-0.1, -0.05) is 30.3 Å². The summed E-state index contributed by atoms with van der Waals surface area (Å²) in [7, 11) is 1.35. The normalized spacial score (nSPS) is 10.2. The lowest BCUT2D eigenvalue weighted by molar-refractivity contribution is -0.385. The van der Waals surface area contributed by atoms with Crippen LogP contribution in [0, 0.1) is 10.1 Å². The number of rotatable bonds is 6. The van der Waals surface area contributed by atoms with Crippen LogP contribution in [0.2, 0.25) is 0 Å². The number of benzene rings is 1. The average molecular weight is 332 g/mol. The smallest absolute Gasteiger partial charge is 0.349 e. The van der Waals surface area contributed by atoms with E-state index < -0.39 is 33.5 Å². The summed E-state index contributed by atoms with van der Waals surface area (Å²) in [5.41, 5.74) is -0.917. The van der Waals surface area contributed by atoms with Crippen molar-refractivity contribution in [3.8, 4) is 5.75 Å². The summed E-state index contributed by atoms with van der Waals surface area (Å²) >= 11 is 0. The van der Waals surface area contributed by atoms with Crippen LogP contribution in [0.25, 0.3) is 0 Å². The highest BCUT2D eigenvalue weighted by atomic mass is 16.6. The third-order valence-electron chi connectivity index (χ3n) is 3.22. The van der Waals surface area contributed by atoms with Gasteiger partial charge >= 0.3 is 11.7 Å². The predicted octanol–water partition coefficient (Wildman–Crippen LogP) is 2.05. The van der Waals surface area contributed by atoms with Crippen LogP contribution in [0.4, 0.5) is 5.69 Å². The van der Waals surface area contributed by atoms with Crippen molar-refractivity contribution in [2.45, 2.75) is 13.5 Å². The van der Waals surface area contributed by atoms with Gasteiger partial charge in [-0.15, -0.1) is 0 Å². The van der Waals surface area contributed by atoms with Crippen molar-refractivity contribution in [2.24, 2.45) is 7.05 Å². The zero-order valence-corrected chi connectivity index (χ0v) is 13.2. The van der Waals surface area contributed by atoms with Gasteiger partial charge in [0.05, 0.1) is 17.7 Å². The molecule has 1 aromatic carbocycles. The van der Waals surface area contributed by atoms with Gasteiger partial charge in [0, 0.05) is 7.05 Å². The first-order valence-corrected chi connectivity index (χ1v) is 7.17. The second-order valence-electron chi connectivity index (χ2n) is 4.89. The fraction of sp³-hybridized carbons (Fsp3) is 0.250. The Morgan fingerprint density at radius 3 is 2.54 bits per heavy atom. The molecule has 0 atom stereocenters. The Hall–Kier alpha value is -3.16. The molecule has 0 saturated carbocycles. The fourth-order valence-electron chi connectivity index (χ4n) is 2.09. The van der Waals surface area contributed by atoms with E-state index in [1.54, 1.807) is 31.2 Å². The Bertz CT molecular complexity index is 813. The zero-order chi connectivity index (χ0) is 17.7. The lowest BCUT2D eigenvalue weighted by atomic mass is 10.2. The number of pyridine rings is 1. The summed E-state index contributed by atoms with van der Waals surface area (Å²) < 4.78 is 11.3. The van der Waals surface area contributed by atoms with Crippen molar-refractivity contribution in [1.29, 1.82) is 0 Å². The summed E-state index contributed by atoms with van der Waals surface area (Å²) in [6.45, 7) is 1.57. The first-order chi connectivity index (χ1) is 11.5. The quantitative estimate of drug-likeness (QED) is 0.456. The molecule has 1 heterocycles. The van der Waals surface area contributed by atoms with Crippen molar-refractivity contribution < 1.29 is 19.2 Å². The highest BCUT2D eigenvalue weighted by Gasteiger charge is 2.30. The maximum absolute atomic E-state index is 12.3. The monoisotopic (exact) mass is 332 g/mol. The van der Waals surface area contributed by atoms with E-state index in [1.807, 2.05) is 6.07 Å². The number of hydrogen-bond acceptors (Lipinski definition) is 6. The molecular weight excluding hydrogens is 316 g/mol. The summed E-state index contributed by atoms with van der Waals surface area (Å²) in [5, 5.41) is 11.2. The van der Waals surface area contributed by atoms with Crippen LogP contribution in [0.3, 0.4) is 0 Å². The first-order valence-electron chi connectivity index (χ1n) is 7.17. The molecular formula is C16H16N2O6. The number of esters is 1. The lowest BCUT2D eigenvalue weighted by Gasteiger charge is -2.12. The van der Waals surface area contributed by atoms with E-state index in [4.69, 9.17) is 9.47 Å². The van der Waals surface area contributed by atoms with E-state index in [2.05, 4.69) is 0 Å². The minimum atomic E-state index is -0.968. The molecule has 2 rings (SSSR count). The van der Waals surface area contributed by atoms with Crippen LogP contribution in [0.1, 0.15) is 22.8 Å². The average Bonchev–Trinajstić information content (AvgIpc) is 2.56. The van der Waals surface area contributed by atoms with Crippen molar-refractivity contribution in [2.75, 3.05) is 6.61 Å². The molecule has 8 nitrogen and oxygen atoms in total. The topological polar surface area (TPSA) is 101 Å². The molecule has 0 aliphatic rings. The van der Waals surface area contributed by atoms with E-state index in [9.17, 15) is 19.7 Å². The molecule has 24 heavy (non-hydrogen) atoms. The number of nitro groups is 1. The third kappa shape index (κ3) is 3.60. The van der Waals surface area contributed by atoms with Crippen LogP contribution < -0.4 is 10.3 Å². The van der Waals surface area contributed by atoms with Gasteiger partial charge in [0.15, 0.2) is 5.56 Å². The van der Waals surface area contributed by atoms with Gasteiger partial charge in [0.25, 0.3) is 5.56 Å². The van der Waals surface area contributed by atoms with Gasteiger partial charge in [-0.2, -0.15) is 0 Å². The van der Waals surface area contributed by atoms with E-state index in [-0.39, 0.29) is 13.2 Å². The summed E-state index contributed by atoms with van der Waals surface area (Å²) in [6, 6.07) is 8.94. The number of nitrogens with zero attached hydrogens (tertiary/aromatic N) is 2. The highest BCUT2D eigenvalue weighted by Crippen LogP contribution is 2.26. The molecule has 126 valence electrons. The lowest BCUT2D eigenvalue weighted by Crippen LogP contribution is -2.24. The Morgan fingerprint density at radius 1 is 1.29 bits per heavy atom. The summed E-state index contributed by atoms with van der Waals surface area (Å²) in [5.74, 6) is -1.36. The maximum atomic E-state index is 12.3. The maximum Gasteiger partial charge on any atom is 0.349 e. The standard InChI is InChI=1S/C16H16N2O6/c1-3-23-16(20)13-12(18(21)22)9-17(2)15(19)14(13)24-10-11-7-5-4-6-8-11/h4-9H,3,10H2,1-2H3. The molecule has 0 spiro atoms. The van der Waals surface area contributed by atoms with E-state index in [0.717, 1.165) is 16.3 Å². The number of carbonyl (C=O) groups is 1. The molecule has 1 aromatic heterocycles. The molecule has 0 unspecified atom stereocenters. The molecule has 0 amide bonds. The van der Waals surface area contributed by atoms with Crippen LogP contribution in [0.5, 0.6) is 5.75 Å². The van der Waals surface area contributed by atoms with Crippen LogP contribution in [-0.2, 0) is 18.4 Å². The second kappa shape index (κ2) is 7.40. The largest absolute Gasteiger partial charge is 0.482 e. The zero-order valence-electron chi connectivity index (χ0n) is 13.2. The van der Waals surface area contributed by atoms with E-state index >= 15 is 0 Å². The summed E-state index contributed by atoms with van der Waals surface area (Å²) in [6.07, 6.45) is 0.976. The van der Waals surface area contributed by atoms with Crippen molar-refractivity contribution in [1.82, 2.24) is 4.57 Å². The minimum Gasteiger partial charge on any atom is -0.482 e. The van der Waals surface area contributed by atoms with Gasteiger partial charge in [-0.3, -0.25) is 14.9 Å². The number of aromatic nitrogens is 1. The molecule has 0 bridgehead atoms. The van der Waals surface area contributed by atoms with Crippen molar-refractivity contribution >= 4 is 11.7 Å². The van der Waals surface area contributed by atoms with E-state index in [1.165, 1.54) is 7.05 Å². The Labute approximate surface area is 137 Å². The van der Waals surface area contributed by atoms with Crippen LogP contribution in [-0.4, -0.2) is 22.1 Å². The van der Waals surface area contributed by atoms with Crippen LogP contribution >= 0.6 is 0 Å². The molecule has 8 heteroatoms. The van der Waals surface area contributed by atoms with Crippen molar-refractivity contribution in [3.05, 3.63) is 68.1 Å². The van der Waals surface area contributed by atoms with Gasteiger partial charge in [-0.25, -0.2) is 4.79 Å². The van der Waals surface area contributed by atoms with Gasteiger partial charge < -0.3 is 14.0 Å². The number of carbonyl (C=O) groups excluding carboxylic acids is 1. The molecule has 0 aliphatic carbocycles. The SMILES string of the molecule is CCOC(=O)c1c([N+](=O)[O-])cn(C)c(=O)c1OCc1ccccc1. The summed E-state index contributed by atoms with van der Waals surface area (Å²) in [4.78, 5) is 34.9. The van der Waals surface area contributed by atoms with Crippen molar-refractivity contribution in [3.63, 3.8) is 0 Å². The molecule has 0 saturated heterocycles. The first kappa shape index (κ1) is 17.2. The number of ether oxygens (including phenoxy) is 2.